The van der Waals surface area contributed by atoms with Gasteiger partial charge in [0.15, 0.2) is 0 Å². The normalized spacial score (nSPS) is 22.7. The topological polar surface area (TPSA) is 64.1 Å². The summed E-state index contributed by atoms with van der Waals surface area (Å²) >= 11 is 0. The Morgan fingerprint density at radius 3 is 2.48 bits per heavy atom. The number of hydrogen-bond donors (Lipinski definition) is 1. The van der Waals surface area contributed by atoms with E-state index in [1.54, 1.807) is 4.90 Å². The van der Waals surface area contributed by atoms with Crippen LogP contribution in [-0.4, -0.2) is 72.6 Å². The van der Waals surface area contributed by atoms with Crippen LogP contribution in [0.15, 0.2) is 30.3 Å². The monoisotopic (exact) mass is 317 g/mol. The Morgan fingerprint density at radius 1 is 1.13 bits per heavy atom. The average molecular weight is 317 g/mol. The minimum absolute atomic E-state index is 0.0217. The summed E-state index contributed by atoms with van der Waals surface area (Å²) in [5.41, 5.74) is 0.862. The maximum Gasteiger partial charge on any atom is 0.228 e. The van der Waals surface area contributed by atoms with E-state index in [1.165, 1.54) is 0 Å². The highest BCUT2D eigenvalue weighted by Gasteiger charge is 2.37. The quantitative estimate of drug-likeness (QED) is 0.860. The van der Waals surface area contributed by atoms with Gasteiger partial charge in [-0.05, 0) is 12.1 Å². The highest BCUT2D eigenvalue weighted by Crippen LogP contribution is 2.26. The van der Waals surface area contributed by atoms with Gasteiger partial charge in [-0.3, -0.25) is 14.5 Å². The van der Waals surface area contributed by atoms with Crippen LogP contribution < -0.4 is 4.90 Å². The number of hydrogen-bond acceptors (Lipinski definition) is 4. The fraction of sp³-hybridized carbons (Fsp3) is 0.529. The van der Waals surface area contributed by atoms with Gasteiger partial charge in [0.25, 0.3) is 0 Å². The third-order valence-corrected chi connectivity index (χ3v) is 4.64. The molecule has 0 bridgehead atoms. The Morgan fingerprint density at radius 2 is 1.83 bits per heavy atom. The molecule has 1 N–H and O–H groups in total. The molecule has 2 fully saturated rings. The van der Waals surface area contributed by atoms with Crippen LogP contribution in [0.4, 0.5) is 5.69 Å². The van der Waals surface area contributed by atoms with E-state index >= 15 is 0 Å². The Kier molecular flexibility index (Phi) is 4.93. The number of carbonyl (C=O) groups excluding carboxylic acids is 2. The number of amides is 2. The number of rotatable bonds is 4. The van der Waals surface area contributed by atoms with Gasteiger partial charge in [0.05, 0.1) is 12.5 Å². The van der Waals surface area contributed by atoms with Gasteiger partial charge in [0.2, 0.25) is 11.8 Å². The third kappa shape index (κ3) is 3.54. The van der Waals surface area contributed by atoms with Gasteiger partial charge < -0.3 is 14.9 Å². The highest BCUT2D eigenvalue weighted by molar-refractivity contribution is 6.00. The zero-order chi connectivity index (χ0) is 16.2. The Hall–Kier alpha value is -1.92. The first kappa shape index (κ1) is 16.0. The van der Waals surface area contributed by atoms with Crippen molar-refractivity contribution in [2.24, 2.45) is 5.92 Å². The van der Waals surface area contributed by atoms with Crippen molar-refractivity contribution in [3.63, 3.8) is 0 Å². The fourth-order valence-corrected chi connectivity index (χ4v) is 3.32. The Bertz CT molecular complexity index is 555. The van der Waals surface area contributed by atoms with Gasteiger partial charge in [-0.15, -0.1) is 0 Å². The molecule has 0 spiro atoms. The molecule has 2 amide bonds. The van der Waals surface area contributed by atoms with Gasteiger partial charge in [-0.2, -0.15) is 0 Å². The molecule has 2 saturated heterocycles. The van der Waals surface area contributed by atoms with E-state index in [0.717, 1.165) is 18.8 Å². The summed E-state index contributed by atoms with van der Waals surface area (Å²) in [6, 6.07) is 9.52. The number of anilines is 1. The number of aliphatic hydroxyl groups excluding tert-OH is 1. The molecule has 124 valence electrons. The second-order valence-corrected chi connectivity index (χ2v) is 6.13. The number of carbonyl (C=O) groups is 2. The lowest BCUT2D eigenvalue weighted by atomic mass is 10.1. The van der Waals surface area contributed by atoms with Crippen LogP contribution in [0.1, 0.15) is 6.42 Å². The summed E-state index contributed by atoms with van der Waals surface area (Å²) < 4.78 is 0. The van der Waals surface area contributed by atoms with Crippen molar-refractivity contribution in [2.75, 3.05) is 50.8 Å². The van der Waals surface area contributed by atoms with Crippen molar-refractivity contribution in [3.05, 3.63) is 30.3 Å². The van der Waals surface area contributed by atoms with Crippen LogP contribution in [0.25, 0.3) is 0 Å². The molecular formula is C17H23N3O3. The maximum absolute atomic E-state index is 12.7. The molecule has 3 rings (SSSR count). The summed E-state index contributed by atoms with van der Waals surface area (Å²) in [7, 11) is 0. The first-order valence-corrected chi connectivity index (χ1v) is 8.16. The molecule has 6 heteroatoms. The van der Waals surface area contributed by atoms with E-state index in [0.29, 0.717) is 32.6 Å². The lowest BCUT2D eigenvalue weighted by Crippen LogP contribution is -2.51. The lowest BCUT2D eigenvalue weighted by molar-refractivity contribution is -0.137. The summed E-state index contributed by atoms with van der Waals surface area (Å²) in [4.78, 5) is 30.6. The van der Waals surface area contributed by atoms with E-state index in [4.69, 9.17) is 5.11 Å². The molecule has 1 aromatic rings. The first-order chi connectivity index (χ1) is 11.2. The number of piperazine rings is 1. The van der Waals surface area contributed by atoms with Crippen LogP contribution in [0.5, 0.6) is 0 Å². The smallest absolute Gasteiger partial charge is 0.228 e. The predicted octanol–water partition coefficient (Wildman–Crippen LogP) is 0.176. The van der Waals surface area contributed by atoms with E-state index in [1.807, 2.05) is 35.2 Å². The van der Waals surface area contributed by atoms with Crippen LogP contribution in [-0.2, 0) is 9.59 Å². The van der Waals surface area contributed by atoms with Gasteiger partial charge in [-0.1, -0.05) is 18.2 Å². The van der Waals surface area contributed by atoms with Crippen molar-refractivity contribution < 1.29 is 14.7 Å². The SMILES string of the molecule is O=C(C1CC(=O)N(c2ccccc2)C1)N1CCN(CCO)CC1. The predicted molar refractivity (Wildman–Crippen MR) is 87.0 cm³/mol. The molecule has 0 aromatic heterocycles. The lowest BCUT2D eigenvalue weighted by Gasteiger charge is -2.35. The summed E-state index contributed by atoms with van der Waals surface area (Å²) in [5, 5.41) is 8.97. The van der Waals surface area contributed by atoms with Crippen molar-refractivity contribution in [2.45, 2.75) is 6.42 Å². The van der Waals surface area contributed by atoms with Crippen LogP contribution in [0.3, 0.4) is 0 Å². The molecule has 2 heterocycles. The van der Waals surface area contributed by atoms with Crippen molar-refractivity contribution >= 4 is 17.5 Å². The van der Waals surface area contributed by atoms with E-state index in [-0.39, 0.29) is 24.3 Å². The molecule has 1 unspecified atom stereocenters. The molecule has 23 heavy (non-hydrogen) atoms. The second-order valence-electron chi connectivity index (χ2n) is 6.13. The molecule has 6 nitrogen and oxygen atoms in total. The zero-order valence-electron chi connectivity index (χ0n) is 13.2. The first-order valence-electron chi connectivity index (χ1n) is 8.16. The van der Waals surface area contributed by atoms with E-state index < -0.39 is 0 Å². The van der Waals surface area contributed by atoms with Gasteiger partial charge in [0.1, 0.15) is 0 Å². The van der Waals surface area contributed by atoms with Crippen LogP contribution in [0.2, 0.25) is 0 Å². The van der Waals surface area contributed by atoms with Crippen molar-refractivity contribution in [1.82, 2.24) is 9.80 Å². The standard InChI is InChI=1S/C17H23N3O3/c21-11-10-18-6-8-19(9-7-18)17(23)14-12-16(22)20(13-14)15-4-2-1-3-5-15/h1-5,14,21H,6-13H2. The number of para-hydroxylation sites is 1. The summed E-state index contributed by atoms with van der Waals surface area (Å²) in [6.07, 6.45) is 0.296. The van der Waals surface area contributed by atoms with Crippen LogP contribution >= 0.6 is 0 Å². The van der Waals surface area contributed by atoms with Crippen molar-refractivity contribution in [3.8, 4) is 0 Å². The number of benzene rings is 1. The maximum atomic E-state index is 12.7. The van der Waals surface area contributed by atoms with Gasteiger partial charge in [0, 0.05) is 51.4 Å². The molecule has 1 atom stereocenters. The molecule has 1 aromatic carbocycles. The third-order valence-electron chi connectivity index (χ3n) is 4.64. The van der Waals surface area contributed by atoms with E-state index in [9.17, 15) is 9.59 Å². The average Bonchev–Trinajstić information content (AvgIpc) is 2.98. The van der Waals surface area contributed by atoms with Crippen LogP contribution in [0, 0.1) is 5.92 Å². The molecule has 2 aliphatic rings. The molecule has 0 aliphatic carbocycles. The zero-order valence-corrected chi connectivity index (χ0v) is 13.2. The summed E-state index contributed by atoms with van der Waals surface area (Å²) in [5.74, 6) is -0.138. The number of aliphatic hydroxyl groups is 1. The molecule has 2 aliphatic heterocycles. The fourth-order valence-electron chi connectivity index (χ4n) is 3.32. The van der Waals surface area contributed by atoms with E-state index in [2.05, 4.69) is 4.90 Å². The van der Waals surface area contributed by atoms with Crippen molar-refractivity contribution in [1.29, 1.82) is 0 Å². The van der Waals surface area contributed by atoms with Gasteiger partial charge in [-0.25, -0.2) is 0 Å². The van der Waals surface area contributed by atoms with Gasteiger partial charge >= 0.3 is 0 Å². The number of β-amino-alcohol motifs (C(OH)–C–C–N with tert-alkyl or cyclic N) is 1. The molecular weight excluding hydrogens is 294 g/mol. The Labute approximate surface area is 136 Å². The Balaban J connectivity index is 1.58. The molecule has 0 saturated carbocycles. The second kappa shape index (κ2) is 7.10. The largest absolute Gasteiger partial charge is 0.395 e. The number of nitrogens with zero attached hydrogens (tertiary/aromatic N) is 3. The minimum Gasteiger partial charge on any atom is -0.395 e. The summed E-state index contributed by atoms with van der Waals surface area (Å²) in [6.45, 7) is 4.20. The molecule has 0 radical (unpaired) electrons. The minimum atomic E-state index is -0.243. The highest BCUT2D eigenvalue weighted by atomic mass is 16.3.